The van der Waals surface area contributed by atoms with Crippen molar-refractivity contribution in [2.75, 3.05) is 14.2 Å². The molecule has 2 rings (SSSR count). The van der Waals surface area contributed by atoms with E-state index in [4.69, 9.17) is 4.74 Å². The Kier molecular flexibility index (Phi) is 4.78. The quantitative estimate of drug-likeness (QED) is 0.902. The van der Waals surface area contributed by atoms with Crippen molar-refractivity contribution < 1.29 is 9.13 Å². The molecular weight excluding hydrogens is 321 g/mol. The van der Waals surface area contributed by atoms with Gasteiger partial charge in [0, 0.05) is 11.1 Å². The van der Waals surface area contributed by atoms with Gasteiger partial charge in [0.1, 0.15) is 11.6 Å². The molecule has 106 valence electrons. The van der Waals surface area contributed by atoms with Gasteiger partial charge in [-0.2, -0.15) is 0 Å². The number of hydrogen-bond acceptors (Lipinski definition) is 2. The molecule has 0 heterocycles. The average molecular weight is 338 g/mol. The lowest BCUT2D eigenvalue weighted by molar-refractivity contribution is 0.404. The summed E-state index contributed by atoms with van der Waals surface area (Å²) in [6.07, 6.45) is 0. The molecule has 0 aliphatic carbocycles. The molecule has 2 nitrogen and oxygen atoms in total. The Hall–Kier alpha value is -1.39. The molecule has 0 fully saturated rings. The maximum atomic E-state index is 14.3. The third-order valence-electron chi connectivity index (χ3n) is 3.28. The molecule has 0 saturated heterocycles. The fourth-order valence-electron chi connectivity index (χ4n) is 2.30. The fourth-order valence-corrected chi connectivity index (χ4v) is 2.68. The summed E-state index contributed by atoms with van der Waals surface area (Å²) in [5.74, 6) is 0.490. The minimum absolute atomic E-state index is 0.254. The van der Waals surface area contributed by atoms with Crippen LogP contribution in [-0.4, -0.2) is 14.2 Å². The molecule has 0 aliphatic heterocycles. The van der Waals surface area contributed by atoms with Gasteiger partial charge >= 0.3 is 0 Å². The maximum absolute atomic E-state index is 14.3. The molecule has 1 atom stereocenters. The predicted molar refractivity (Wildman–Crippen MR) is 82.7 cm³/mol. The zero-order valence-electron chi connectivity index (χ0n) is 11.7. The highest BCUT2D eigenvalue weighted by Crippen LogP contribution is 2.33. The summed E-state index contributed by atoms with van der Waals surface area (Å²) < 4.78 is 20.2. The van der Waals surface area contributed by atoms with Crippen molar-refractivity contribution >= 4 is 15.9 Å². The number of nitrogens with one attached hydrogen (secondary N) is 1. The second-order valence-corrected chi connectivity index (χ2v) is 5.46. The molecule has 0 saturated carbocycles. The number of rotatable bonds is 4. The topological polar surface area (TPSA) is 21.3 Å². The SMILES string of the molecule is CNC(c1cc(C)ccc1OC)c1cccc(Br)c1F. The second kappa shape index (κ2) is 6.37. The van der Waals surface area contributed by atoms with Crippen LogP contribution in [0.5, 0.6) is 5.75 Å². The van der Waals surface area contributed by atoms with Crippen molar-refractivity contribution in [2.24, 2.45) is 0 Å². The van der Waals surface area contributed by atoms with Crippen molar-refractivity contribution in [2.45, 2.75) is 13.0 Å². The lowest BCUT2D eigenvalue weighted by Crippen LogP contribution is -2.20. The van der Waals surface area contributed by atoms with Crippen LogP contribution in [-0.2, 0) is 0 Å². The Morgan fingerprint density at radius 3 is 2.60 bits per heavy atom. The molecule has 0 amide bonds. The Bertz CT molecular complexity index is 615. The van der Waals surface area contributed by atoms with Gasteiger partial charge in [-0.25, -0.2) is 4.39 Å². The first-order chi connectivity index (χ1) is 9.58. The number of aryl methyl sites for hydroxylation is 1. The average Bonchev–Trinajstić information content (AvgIpc) is 2.44. The van der Waals surface area contributed by atoms with Gasteiger partial charge in [-0.1, -0.05) is 29.8 Å². The summed E-state index contributed by atoms with van der Waals surface area (Å²) in [7, 11) is 3.44. The van der Waals surface area contributed by atoms with Crippen molar-refractivity contribution in [1.29, 1.82) is 0 Å². The van der Waals surface area contributed by atoms with Crippen LogP contribution >= 0.6 is 15.9 Å². The number of ether oxygens (including phenoxy) is 1. The molecule has 20 heavy (non-hydrogen) atoms. The van der Waals surface area contributed by atoms with Gasteiger partial charge in [-0.15, -0.1) is 0 Å². The molecule has 4 heteroatoms. The molecule has 1 N–H and O–H groups in total. The van der Waals surface area contributed by atoms with Gasteiger partial charge in [0.05, 0.1) is 17.6 Å². The van der Waals surface area contributed by atoms with Crippen molar-refractivity contribution in [3.8, 4) is 5.75 Å². The van der Waals surface area contributed by atoms with E-state index >= 15 is 0 Å². The smallest absolute Gasteiger partial charge is 0.142 e. The first-order valence-corrected chi connectivity index (χ1v) is 7.13. The monoisotopic (exact) mass is 337 g/mol. The van der Waals surface area contributed by atoms with Crippen molar-refractivity contribution in [1.82, 2.24) is 5.32 Å². The van der Waals surface area contributed by atoms with Crippen molar-refractivity contribution in [3.05, 3.63) is 63.4 Å². The molecule has 0 radical (unpaired) electrons. The zero-order valence-corrected chi connectivity index (χ0v) is 13.3. The summed E-state index contributed by atoms with van der Waals surface area (Å²) in [4.78, 5) is 0. The number of benzene rings is 2. The summed E-state index contributed by atoms with van der Waals surface area (Å²) in [5, 5.41) is 3.16. The van der Waals surface area contributed by atoms with E-state index in [1.807, 2.05) is 38.2 Å². The molecule has 0 bridgehead atoms. The van der Waals surface area contributed by atoms with E-state index < -0.39 is 0 Å². The van der Waals surface area contributed by atoms with Gasteiger partial charge in [0.2, 0.25) is 0 Å². The highest BCUT2D eigenvalue weighted by Gasteiger charge is 2.21. The summed E-state index contributed by atoms with van der Waals surface area (Å²) >= 11 is 3.23. The Morgan fingerprint density at radius 2 is 1.95 bits per heavy atom. The zero-order chi connectivity index (χ0) is 14.7. The van der Waals surface area contributed by atoms with Crippen molar-refractivity contribution in [3.63, 3.8) is 0 Å². The molecule has 0 aromatic heterocycles. The van der Waals surface area contributed by atoms with Crippen LogP contribution < -0.4 is 10.1 Å². The van der Waals surface area contributed by atoms with Crippen LogP contribution in [0.4, 0.5) is 4.39 Å². The standard InChI is InChI=1S/C16H17BrFNO/c1-10-7-8-14(20-3)12(9-10)16(19-2)11-5-4-6-13(17)15(11)18/h4-9,16,19H,1-3H3. The predicted octanol–water partition coefficient (Wildman–Crippen LogP) is 4.21. The van der Waals surface area contributed by atoms with E-state index in [-0.39, 0.29) is 11.9 Å². The van der Waals surface area contributed by atoms with Crippen LogP contribution in [0.2, 0.25) is 0 Å². The highest BCUT2D eigenvalue weighted by atomic mass is 79.9. The largest absolute Gasteiger partial charge is 0.496 e. The lowest BCUT2D eigenvalue weighted by Gasteiger charge is -2.21. The van der Waals surface area contributed by atoms with E-state index in [2.05, 4.69) is 21.2 Å². The second-order valence-electron chi connectivity index (χ2n) is 4.61. The molecule has 2 aromatic carbocycles. The molecule has 2 aromatic rings. The van der Waals surface area contributed by atoms with Crippen LogP contribution in [0.25, 0.3) is 0 Å². The van der Waals surface area contributed by atoms with E-state index in [0.29, 0.717) is 10.0 Å². The van der Waals surface area contributed by atoms with Gasteiger partial charge < -0.3 is 10.1 Å². The van der Waals surface area contributed by atoms with E-state index in [1.165, 1.54) is 0 Å². The molecule has 1 unspecified atom stereocenters. The molecule has 0 aliphatic rings. The Balaban J connectivity index is 2.58. The Morgan fingerprint density at radius 1 is 1.20 bits per heavy atom. The van der Waals surface area contributed by atoms with Gasteiger partial charge in [0.15, 0.2) is 0 Å². The summed E-state index contributed by atoms with van der Waals surface area (Å²) in [6.45, 7) is 2.01. The number of halogens is 2. The number of methoxy groups -OCH3 is 1. The normalized spacial score (nSPS) is 12.2. The van der Waals surface area contributed by atoms with Gasteiger partial charge in [-0.05, 0) is 42.0 Å². The van der Waals surface area contributed by atoms with Gasteiger partial charge in [0.25, 0.3) is 0 Å². The van der Waals surface area contributed by atoms with Crippen LogP contribution in [0.3, 0.4) is 0 Å². The van der Waals surface area contributed by atoms with E-state index in [1.54, 1.807) is 19.2 Å². The van der Waals surface area contributed by atoms with Gasteiger partial charge in [-0.3, -0.25) is 0 Å². The summed E-state index contributed by atoms with van der Waals surface area (Å²) in [6, 6.07) is 10.9. The minimum atomic E-state index is -0.262. The maximum Gasteiger partial charge on any atom is 0.142 e. The summed E-state index contributed by atoms with van der Waals surface area (Å²) in [5.41, 5.74) is 2.62. The first-order valence-electron chi connectivity index (χ1n) is 6.34. The van der Waals surface area contributed by atoms with Crippen LogP contribution in [0.15, 0.2) is 40.9 Å². The van der Waals surface area contributed by atoms with Crippen LogP contribution in [0, 0.1) is 12.7 Å². The Labute approximate surface area is 127 Å². The van der Waals surface area contributed by atoms with E-state index in [0.717, 1.165) is 16.9 Å². The lowest BCUT2D eigenvalue weighted by atomic mass is 9.96. The third-order valence-corrected chi connectivity index (χ3v) is 3.89. The fraction of sp³-hybridized carbons (Fsp3) is 0.250. The molecular formula is C16H17BrFNO. The van der Waals surface area contributed by atoms with E-state index in [9.17, 15) is 4.39 Å². The highest BCUT2D eigenvalue weighted by molar-refractivity contribution is 9.10. The number of hydrogen-bond donors (Lipinski definition) is 1. The molecule has 0 spiro atoms. The minimum Gasteiger partial charge on any atom is -0.496 e. The first kappa shape index (κ1) is 15.0. The van der Waals surface area contributed by atoms with Crippen LogP contribution in [0.1, 0.15) is 22.7 Å². The third kappa shape index (κ3) is 2.86.